The highest BCUT2D eigenvalue weighted by Crippen LogP contribution is 2.31. The van der Waals surface area contributed by atoms with Crippen molar-refractivity contribution >= 4 is 11.9 Å². The molecule has 0 aromatic carbocycles. The number of methoxy groups -OCH3 is 1. The van der Waals surface area contributed by atoms with Gasteiger partial charge in [0.25, 0.3) is 5.91 Å². The standard InChI is InChI=1S/C15H20N2O3.C2HF3O2/c1-10-5-3-6-11(16-10)15(18)17-9-13(19-2)14-12(17)7-4-8-20-14;3-2(4,5)1(6)7/h3,5-6,12-14H,4,7-9H2,1-2H3;(H,6,7)/t12-,13-,14+;/m1./s1. The second-order valence-corrected chi connectivity index (χ2v) is 6.24. The summed E-state index contributed by atoms with van der Waals surface area (Å²) < 4.78 is 43.0. The molecular weight excluding hydrogens is 369 g/mol. The lowest BCUT2D eigenvalue weighted by Gasteiger charge is -2.31. The molecule has 2 aliphatic rings. The van der Waals surface area contributed by atoms with Gasteiger partial charge in [0, 0.05) is 19.4 Å². The van der Waals surface area contributed by atoms with E-state index in [9.17, 15) is 18.0 Å². The van der Waals surface area contributed by atoms with Crippen LogP contribution in [0.25, 0.3) is 0 Å². The van der Waals surface area contributed by atoms with Gasteiger partial charge in [0.1, 0.15) is 17.9 Å². The van der Waals surface area contributed by atoms with E-state index in [0.717, 1.165) is 25.1 Å². The van der Waals surface area contributed by atoms with Crippen molar-refractivity contribution in [3.05, 3.63) is 29.6 Å². The molecule has 7 nitrogen and oxygen atoms in total. The molecule has 3 rings (SSSR count). The zero-order chi connectivity index (χ0) is 20.2. The van der Waals surface area contributed by atoms with Crippen molar-refractivity contribution in [3.63, 3.8) is 0 Å². The number of ether oxygens (including phenoxy) is 2. The minimum Gasteiger partial charge on any atom is -0.475 e. The van der Waals surface area contributed by atoms with Crippen LogP contribution in [0.4, 0.5) is 13.2 Å². The number of aliphatic carboxylic acids is 1. The largest absolute Gasteiger partial charge is 0.490 e. The van der Waals surface area contributed by atoms with Crippen molar-refractivity contribution in [2.75, 3.05) is 20.3 Å². The third-order valence-electron chi connectivity index (χ3n) is 4.39. The molecule has 0 bridgehead atoms. The Kier molecular flexibility index (Phi) is 6.77. The molecular formula is C17H21F3N2O5. The van der Waals surface area contributed by atoms with E-state index in [0.29, 0.717) is 12.2 Å². The molecule has 3 atom stereocenters. The number of alkyl halides is 3. The minimum atomic E-state index is -5.08. The third kappa shape index (κ3) is 5.16. The van der Waals surface area contributed by atoms with Gasteiger partial charge in [-0.25, -0.2) is 9.78 Å². The fraction of sp³-hybridized carbons (Fsp3) is 0.588. The van der Waals surface area contributed by atoms with Crippen LogP contribution in [0.5, 0.6) is 0 Å². The first kappa shape index (κ1) is 21.1. The summed E-state index contributed by atoms with van der Waals surface area (Å²) in [5.74, 6) is -2.78. The molecule has 3 heterocycles. The Morgan fingerprint density at radius 1 is 1.37 bits per heavy atom. The van der Waals surface area contributed by atoms with E-state index >= 15 is 0 Å². The number of likely N-dealkylation sites (tertiary alicyclic amines) is 1. The molecule has 0 saturated carbocycles. The first-order chi connectivity index (χ1) is 12.6. The first-order valence-corrected chi connectivity index (χ1v) is 8.34. The van der Waals surface area contributed by atoms with Crippen molar-refractivity contribution in [1.82, 2.24) is 9.88 Å². The maximum absolute atomic E-state index is 12.7. The van der Waals surface area contributed by atoms with E-state index in [2.05, 4.69) is 4.98 Å². The number of amides is 1. The fourth-order valence-corrected chi connectivity index (χ4v) is 3.16. The monoisotopic (exact) mass is 390 g/mol. The molecule has 0 spiro atoms. The zero-order valence-corrected chi connectivity index (χ0v) is 14.9. The summed E-state index contributed by atoms with van der Waals surface area (Å²) in [6.07, 6.45) is -3.15. The van der Waals surface area contributed by atoms with Gasteiger partial charge in [0.15, 0.2) is 0 Å². The summed E-state index contributed by atoms with van der Waals surface area (Å²) in [6.45, 7) is 3.23. The second-order valence-electron chi connectivity index (χ2n) is 6.24. The number of hydrogen-bond donors (Lipinski definition) is 1. The highest BCUT2D eigenvalue weighted by atomic mass is 19.4. The van der Waals surface area contributed by atoms with Crippen LogP contribution in [0, 0.1) is 6.92 Å². The summed E-state index contributed by atoms with van der Waals surface area (Å²) in [6, 6.07) is 5.65. The number of halogens is 3. The molecule has 1 amide bonds. The average molecular weight is 390 g/mol. The van der Waals surface area contributed by atoms with Gasteiger partial charge in [0.2, 0.25) is 0 Å². The summed E-state index contributed by atoms with van der Waals surface area (Å²) >= 11 is 0. The predicted octanol–water partition coefficient (Wildman–Crippen LogP) is 2.04. The highest BCUT2D eigenvalue weighted by molar-refractivity contribution is 5.93. The average Bonchev–Trinajstić information content (AvgIpc) is 2.99. The lowest BCUT2D eigenvalue weighted by Crippen LogP contribution is -2.44. The Hall–Kier alpha value is -2.20. The van der Waals surface area contributed by atoms with Crippen LogP contribution >= 0.6 is 0 Å². The SMILES string of the molecule is CO[C@@H]1CN(C(=O)c2cccc(C)n2)[C@@H]2CCCO[C@@H]21.O=C(O)C(F)(F)F. The summed E-state index contributed by atoms with van der Waals surface area (Å²) in [4.78, 5) is 27.8. The second kappa shape index (κ2) is 8.66. The van der Waals surface area contributed by atoms with E-state index in [-0.39, 0.29) is 24.2 Å². The number of rotatable bonds is 2. The Morgan fingerprint density at radius 2 is 2.04 bits per heavy atom. The molecule has 1 N–H and O–H groups in total. The number of carboxylic acid groups (broad SMARTS) is 1. The van der Waals surface area contributed by atoms with Crippen LogP contribution in [-0.2, 0) is 14.3 Å². The Bertz CT molecular complexity index is 683. The topological polar surface area (TPSA) is 89.0 Å². The lowest BCUT2D eigenvalue weighted by atomic mass is 10.0. The van der Waals surface area contributed by atoms with Crippen LogP contribution in [-0.4, -0.2) is 71.6 Å². The molecule has 0 aliphatic carbocycles. The number of carbonyl (C=O) groups excluding carboxylic acids is 1. The molecule has 27 heavy (non-hydrogen) atoms. The number of aryl methyl sites for hydroxylation is 1. The highest BCUT2D eigenvalue weighted by Gasteiger charge is 2.46. The summed E-state index contributed by atoms with van der Waals surface area (Å²) in [7, 11) is 1.68. The maximum atomic E-state index is 12.7. The normalized spacial score (nSPS) is 24.6. The van der Waals surface area contributed by atoms with Gasteiger partial charge >= 0.3 is 12.1 Å². The number of pyridine rings is 1. The van der Waals surface area contributed by atoms with Crippen molar-refractivity contribution in [2.24, 2.45) is 0 Å². The molecule has 150 valence electrons. The van der Waals surface area contributed by atoms with Crippen LogP contribution in [0.2, 0.25) is 0 Å². The third-order valence-corrected chi connectivity index (χ3v) is 4.39. The van der Waals surface area contributed by atoms with Crippen LogP contribution in [0.15, 0.2) is 18.2 Å². The molecule has 2 saturated heterocycles. The van der Waals surface area contributed by atoms with E-state index in [1.54, 1.807) is 13.2 Å². The van der Waals surface area contributed by atoms with Crippen LogP contribution in [0.3, 0.4) is 0 Å². The maximum Gasteiger partial charge on any atom is 0.490 e. The number of aromatic nitrogens is 1. The number of carboxylic acids is 1. The molecule has 1 aromatic heterocycles. The predicted molar refractivity (Wildman–Crippen MR) is 87.3 cm³/mol. The van der Waals surface area contributed by atoms with Crippen molar-refractivity contribution < 1.29 is 37.3 Å². The first-order valence-electron chi connectivity index (χ1n) is 8.34. The summed E-state index contributed by atoms with van der Waals surface area (Å²) in [5.41, 5.74) is 1.36. The van der Waals surface area contributed by atoms with Crippen molar-refractivity contribution in [1.29, 1.82) is 0 Å². The van der Waals surface area contributed by atoms with Gasteiger partial charge in [0.05, 0.1) is 12.6 Å². The number of fused-ring (bicyclic) bond motifs is 1. The smallest absolute Gasteiger partial charge is 0.475 e. The molecule has 0 radical (unpaired) electrons. The quantitative estimate of drug-likeness (QED) is 0.831. The molecule has 1 aromatic rings. The number of carbonyl (C=O) groups is 2. The van der Waals surface area contributed by atoms with E-state index < -0.39 is 12.1 Å². The van der Waals surface area contributed by atoms with E-state index in [4.69, 9.17) is 19.4 Å². The lowest BCUT2D eigenvalue weighted by molar-refractivity contribution is -0.192. The Morgan fingerprint density at radius 3 is 2.59 bits per heavy atom. The zero-order valence-electron chi connectivity index (χ0n) is 14.9. The van der Waals surface area contributed by atoms with Gasteiger partial charge in [-0.2, -0.15) is 13.2 Å². The van der Waals surface area contributed by atoms with Crippen molar-refractivity contribution in [2.45, 2.75) is 44.2 Å². The number of hydrogen-bond acceptors (Lipinski definition) is 5. The number of nitrogens with zero attached hydrogens (tertiary/aromatic N) is 2. The minimum absolute atomic E-state index is 0.00232. The van der Waals surface area contributed by atoms with E-state index in [1.165, 1.54) is 0 Å². The van der Waals surface area contributed by atoms with Gasteiger partial charge in [-0.05, 0) is 31.9 Å². The molecule has 2 aliphatic heterocycles. The molecule has 10 heteroatoms. The summed E-state index contributed by atoms with van der Waals surface area (Å²) in [5, 5.41) is 7.12. The van der Waals surface area contributed by atoms with Gasteiger partial charge < -0.3 is 19.5 Å². The Balaban J connectivity index is 0.000000321. The van der Waals surface area contributed by atoms with Gasteiger partial charge in [-0.1, -0.05) is 6.07 Å². The fourth-order valence-electron chi connectivity index (χ4n) is 3.16. The van der Waals surface area contributed by atoms with Gasteiger partial charge in [-0.15, -0.1) is 0 Å². The Labute approximate surface area is 154 Å². The van der Waals surface area contributed by atoms with Gasteiger partial charge in [-0.3, -0.25) is 4.79 Å². The van der Waals surface area contributed by atoms with Crippen LogP contribution in [0.1, 0.15) is 29.0 Å². The van der Waals surface area contributed by atoms with Crippen molar-refractivity contribution in [3.8, 4) is 0 Å². The van der Waals surface area contributed by atoms with E-state index in [1.807, 2.05) is 24.0 Å². The molecule has 2 fully saturated rings. The molecule has 0 unspecified atom stereocenters. The van der Waals surface area contributed by atoms with Crippen LogP contribution < -0.4 is 0 Å².